The van der Waals surface area contributed by atoms with Crippen molar-refractivity contribution in [1.29, 1.82) is 0 Å². The van der Waals surface area contributed by atoms with Crippen LogP contribution in [0.3, 0.4) is 0 Å². The minimum Gasteiger partial charge on any atom is -0.497 e. The standard InChI is InChI=1S/C22H24N6O3/c1-27-18-6-4-3-5-17(18)25-20(27)11-12-23-22(30)21-24-14-28(26-21)13-19(29)15-7-9-16(31-2)10-8-15/h3-10,14,19,29H,11-13H2,1-2H3,(H,23,30)/t19-/m1/s1. The molecule has 0 aliphatic carbocycles. The van der Waals surface area contributed by atoms with Crippen molar-refractivity contribution >= 4 is 16.9 Å². The quantitative estimate of drug-likeness (QED) is 0.451. The van der Waals surface area contributed by atoms with E-state index in [1.165, 1.54) is 11.0 Å². The molecule has 160 valence electrons. The van der Waals surface area contributed by atoms with Crippen molar-refractivity contribution in [3.8, 4) is 5.75 Å². The summed E-state index contributed by atoms with van der Waals surface area (Å²) in [6.07, 6.45) is 1.25. The highest BCUT2D eigenvalue weighted by molar-refractivity contribution is 5.90. The number of fused-ring (bicyclic) bond motifs is 1. The number of aliphatic hydroxyl groups is 1. The normalized spacial score (nSPS) is 12.1. The summed E-state index contributed by atoms with van der Waals surface area (Å²) in [7, 11) is 3.55. The summed E-state index contributed by atoms with van der Waals surface area (Å²) in [5.74, 6) is 1.31. The van der Waals surface area contributed by atoms with Gasteiger partial charge in [0.05, 0.1) is 30.8 Å². The van der Waals surface area contributed by atoms with Crippen molar-refractivity contribution < 1.29 is 14.6 Å². The summed E-state index contributed by atoms with van der Waals surface area (Å²) >= 11 is 0. The number of carbonyl (C=O) groups is 1. The monoisotopic (exact) mass is 420 g/mol. The zero-order chi connectivity index (χ0) is 21.8. The van der Waals surface area contributed by atoms with Crippen molar-refractivity contribution in [2.24, 2.45) is 7.05 Å². The molecular formula is C22H24N6O3. The minimum atomic E-state index is -0.777. The first-order valence-corrected chi connectivity index (χ1v) is 9.95. The van der Waals surface area contributed by atoms with Gasteiger partial charge >= 0.3 is 0 Å². The lowest BCUT2D eigenvalue weighted by molar-refractivity contribution is 0.0941. The van der Waals surface area contributed by atoms with Crippen LogP contribution in [0.2, 0.25) is 0 Å². The number of amides is 1. The third-order valence-electron chi connectivity index (χ3n) is 5.11. The maximum absolute atomic E-state index is 12.4. The number of rotatable bonds is 8. The number of nitrogens with one attached hydrogen (secondary N) is 1. The Morgan fingerprint density at radius 2 is 1.97 bits per heavy atom. The van der Waals surface area contributed by atoms with Crippen molar-refractivity contribution in [2.75, 3.05) is 13.7 Å². The third-order valence-corrected chi connectivity index (χ3v) is 5.11. The van der Waals surface area contributed by atoms with Gasteiger partial charge in [-0.25, -0.2) is 14.6 Å². The van der Waals surface area contributed by atoms with Gasteiger partial charge in [-0.05, 0) is 29.8 Å². The van der Waals surface area contributed by atoms with E-state index in [1.807, 2.05) is 35.9 Å². The first kappa shape index (κ1) is 20.5. The number of nitrogens with zero attached hydrogens (tertiary/aromatic N) is 5. The molecule has 9 nitrogen and oxygen atoms in total. The van der Waals surface area contributed by atoms with Gasteiger partial charge < -0.3 is 19.7 Å². The molecule has 0 aliphatic heterocycles. The maximum atomic E-state index is 12.4. The van der Waals surface area contributed by atoms with E-state index < -0.39 is 6.10 Å². The van der Waals surface area contributed by atoms with E-state index in [9.17, 15) is 9.90 Å². The molecule has 0 radical (unpaired) electrons. The first-order chi connectivity index (χ1) is 15.0. The van der Waals surface area contributed by atoms with Gasteiger partial charge in [0.25, 0.3) is 5.91 Å². The summed E-state index contributed by atoms with van der Waals surface area (Å²) < 4.78 is 8.60. The van der Waals surface area contributed by atoms with Crippen LogP contribution in [-0.2, 0) is 20.0 Å². The zero-order valence-corrected chi connectivity index (χ0v) is 17.4. The smallest absolute Gasteiger partial charge is 0.290 e. The number of aromatic nitrogens is 5. The number of carbonyl (C=O) groups excluding carboxylic acids is 1. The molecule has 0 bridgehead atoms. The summed E-state index contributed by atoms with van der Waals surface area (Å²) in [5.41, 5.74) is 2.71. The van der Waals surface area contributed by atoms with E-state index in [0.717, 1.165) is 22.4 Å². The molecule has 0 saturated heterocycles. The minimum absolute atomic E-state index is 0.0620. The second kappa shape index (κ2) is 8.97. The molecule has 2 N–H and O–H groups in total. The molecule has 1 amide bonds. The van der Waals surface area contributed by atoms with E-state index in [-0.39, 0.29) is 18.3 Å². The van der Waals surface area contributed by atoms with Crippen LogP contribution in [0, 0.1) is 0 Å². The Balaban J connectivity index is 1.31. The summed E-state index contributed by atoms with van der Waals surface area (Å²) in [6.45, 7) is 0.603. The number of para-hydroxylation sites is 2. The van der Waals surface area contributed by atoms with E-state index >= 15 is 0 Å². The van der Waals surface area contributed by atoms with Crippen LogP contribution in [0.25, 0.3) is 11.0 Å². The van der Waals surface area contributed by atoms with Crippen molar-refractivity contribution in [3.63, 3.8) is 0 Å². The number of hydrogen-bond donors (Lipinski definition) is 2. The fraction of sp³-hybridized carbons (Fsp3) is 0.273. The van der Waals surface area contributed by atoms with Gasteiger partial charge in [-0.1, -0.05) is 24.3 Å². The van der Waals surface area contributed by atoms with Gasteiger partial charge in [-0.15, -0.1) is 5.10 Å². The van der Waals surface area contributed by atoms with Crippen LogP contribution in [0.1, 0.15) is 28.1 Å². The number of hydrogen-bond acceptors (Lipinski definition) is 6. The Morgan fingerprint density at radius 1 is 1.19 bits per heavy atom. The first-order valence-electron chi connectivity index (χ1n) is 9.95. The number of benzene rings is 2. The van der Waals surface area contributed by atoms with Crippen molar-refractivity contribution in [3.05, 3.63) is 72.1 Å². The van der Waals surface area contributed by atoms with Crippen LogP contribution in [0.15, 0.2) is 54.9 Å². The Morgan fingerprint density at radius 3 is 2.71 bits per heavy atom. The average Bonchev–Trinajstić information content (AvgIpc) is 3.38. The number of aryl methyl sites for hydroxylation is 1. The van der Waals surface area contributed by atoms with Crippen LogP contribution in [-0.4, -0.2) is 49.0 Å². The summed E-state index contributed by atoms with van der Waals surface area (Å²) in [6, 6.07) is 15.0. The fourth-order valence-corrected chi connectivity index (χ4v) is 3.38. The van der Waals surface area contributed by atoms with Crippen LogP contribution in [0.4, 0.5) is 0 Å². The fourth-order valence-electron chi connectivity index (χ4n) is 3.38. The largest absolute Gasteiger partial charge is 0.497 e. The molecule has 4 rings (SSSR count). The lowest BCUT2D eigenvalue weighted by atomic mass is 10.1. The van der Waals surface area contributed by atoms with Gasteiger partial charge in [0, 0.05) is 20.0 Å². The second-order valence-corrected chi connectivity index (χ2v) is 7.16. The van der Waals surface area contributed by atoms with E-state index in [2.05, 4.69) is 20.4 Å². The van der Waals surface area contributed by atoms with Crippen molar-refractivity contribution in [1.82, 2.24) is 29.6 Å². The van der Waals surface area contributed by atoms with Crippen LogP contribution < -0.4 is 10.1 Å². The number of imidazole rings is 1. The highest BCUT2D eigenvalue weighted by Crippen LogP contribution is 2.19. The molecular weight excluding hydrogens is 396 g/mol. The predicted molar refractivity (Wildman–Crippen MR) is 115 cm³/mol. The Hall–Kier alpha value is -3.72. The van der Waals surface area contributed by atoms with Crippen LogP contribution >= 0.6 is 0 Å². The Bertz CT molecular complexity index is 1180. The zero-order valence-electron chi connectivity index (χ0n) is 17.4. The predicted octanol–water partition coefficient (Wildman–Crippen LogP) is 1.88. The number of aliphatic hydroxyl groups excluding tert-OH is 1. The molecule has 0 spiro atoms. The average molecular weight is 420 g/mol. The Kier molecular flexibility index (Phi) is 5.94. The van der Waals surface area contributed by atoms with Crippen molar-refractivity contribution in [2.45, 2.75) is 19.1 Å². The topological polar surface area (TPSA) is 107 Å². The SMILES string of the molecule is COc1ccc([C@H](O)Cn2cnc(C(=O)NCCc3nc4ccccc4n3C)n2)cc1. The maximum Gasteiger partial charge on any atom is 0.290 e. The van der Waals surface area contributed by atoms with Gasteiger partial charge in [0.1, 0.15) is 17.9 Å². The number of ether oxygens (including phenoxy) is 1. The molecule has 4 aromatic rings. The number of methoxy groups -OCH3 is 1. The molecule has 2 heterocycles. The Labute approximate surface area is 179 Å². The highest BCUT2D eigenvalue weighted by atomic mass is 16.5. The summed E-state index contributed by atoms with van der Waals surface area (Å²) in [5, 5.41) is 17.4. The van der Waals surface area contributed by atoms with Gasteiger partial charge in [0.15, 0.2) is 0 Å². The molecule has 9 heteroatoms. The van der Waals surface area contributed by atoms with E-state index in [4.69, 9.17) is 4.74 Å². The molecule has 31 heavy (non-hydrogen) atoms. The molecule has 2 aromatic heterocycles. The lowest BCUT2D eigenvalue weighted by Crippen LogP contribution is -2.27. The van der Waals surface area contributed by atoms with Crippen LogP contribution in [0.5, 0.6) is 5.75 Å². The molecule has 0 fully saturated rings. The molecule has 0 unspecified atom stereocenters. The highest BCUT2D eigenvalue weighted by Gasteiger charge is 2.15. The summed E-state index contributed by atoms with van der Waals surface area (Å²) in [4.78, 5) is 21.0. The lowest BCUT2D eigenvalue weighted by Gasteiger charge is -2.11. The van der Waals surface area contributed by atoms with Gasteiger partial charge in [-0.3, -0.25) is 4.79 Å². The molecule has 0 aliphatic rings. The molecule has 2 aromatic carbocycles. The second-order valence-electron chi connectivity index (χ2n) is 7.16. The van der Waals surface area contributed by atoms with Gasteiger partial charge in [-0.2, -0.15) is 0 Å². The molecule has 0 saturated carbocycles. The molecule has 1 atom stereocenters. The van der Waals surface area contributed by atoms with E-state index in [0.29, 0.717) is 18.7 Å². The van der Waals surface area contributed by atoms with E-state index in [1.54, 1.807) is 31.4 Å². The third kappa shape index (κ3) is 4.56. The van der Waals surface area contributed by atoms with Gasteiger partial charge in [0.2, 0.25) is 5.82 Å².